The summed E-state index contributed by atoms with van der Waals surface area (Å²) in [6.45, 7) is 3.84. The highest BCUT2D eigenvalue weighted by Crippen LogP contribution is 2.29. The van der Waals surface area contributed by atoms with E-state index in [1.54, 1.807) is 0 Å². The Morgan fingerprint density at radius 1 is 1.36 bits per heavy atom. The molecule has 1 aromatic carbocycles. The summed E-state index contributed by atoms with van der Waals surface area (Å²) >= 11 is 0. The van der Waals surface area contributed by atoms with Crippen molar-refractivity contribution in [2.24, 2.45) is 0 Å². The van der Waals surface area contributed by atoms with Crippen molar-refractivity contribution in [2.45, 2.75) is 6.42 Å². The molecule has 0 N–H and O–H groups in total. The predicted molar refractivity (Wildman–Crippen MR) is 56.6 cm³/mol. The van der Waals surface area contributed by atoms with Crippen molar-refractivity contribution in [1.82, 2.24) is 0 Å². The first kappa shape index (κ1) is 9.27. The van der Waals surface area contributed by atoms with Gasteiger partial charge in [0, 0.05) is 12.0 Å². The van der Waals surface area contributed by atoms with Gasteiger partial charge in [0.05, 0.1) is 5.69 Å². The predicted octanol–water partition coefficient (Wildman–Crippen LogP) is 1.52. The van der Waals surface area contributed by atoms with Crippen LogP contribution in [0.2, 0.25) is 0 Å². The highest BCUT2D eigenvalue weighted by molar-refractivity contribution is 7.95. The maximum atomic E-state index is 11.6. The topological polar surface area (TPSA) is 37.4 Å². The molecule has 4 heteroatoms. The van der Waals surface area contributed by atoms with Gasteiger partial charge in [0.15, 0.2) is 0 Å². The molecule has 0 aliphatic carbocycles. The number of anilines is 1. The molecule has 3 nitrogen and oxygen atoms in total. The lowest BCUT2D eigenvalue weighted by Gasteiger charge is -2.16. The average Bonchev–Trinajstić information content (AvgIpc) is 2.61. The zero-order valence-corrected chi connectivity index (χ0v) is 8.50. The largest absolute Gasteiger partial charge is 0.266 e. The third-order valence-corrected chi connectivity index (χ3v) is 3.78. The molecular weight excluding hydrogens is 198 g/mol. The zero-order valence-electron chi connectivity index (χ0n) is 7.68. The smallest absolute Gasteiger partial charge is 0.256 e. The SMILES string of the molecule is C=CS(=O)(=O)N1CCc2ccccc21. The van der Waals surface area contributed by atoms with E-state index in [0.29, 0.717) is 6.54 Å². The summed E-state index contributed by atoms with van der Waals surface area (Å²) in [4.78, 5) is 0. The Labute approximate surface area is 83.7 Å². The van der Waals surface area contributed by atoms with Crippen LogP contribution in [0.5, 0.6) is 0 Å². The van der Waals surface area contributed by atoms with Gasteiger partial charge >= 0.3 is 0 Å². The maximum Gasteiger partial charge on any atom is 0.256 e. The molecule has 0 atom stereocenters. The molecule has 1 aliphatic rings. The van der Waals surface area contributed by atoms with Gasteiger partial charge < -0.3 is 0 Å². The van der Waals surface area contributed by atoms with Gasteiger partial charge in [-0.1, -0.05) is 24.8 Å². The average molecular weight is 209 g/mol. The molecule has 0 spiro atoms. The van der Waals surface area contributed by atoms with Crippen LogP contribution in [0.4, 0.5) is 5.69 Å². The summed E-state index contributed by atoms with van der Waals surface area (Å²) < 4.78 is 24.5. The first-order chi connectivity index (χ1) is 6.65. The first-order valence-electron chi connectivity index (χ1n) is 4.38. The Hall–Kier alpha value is -1.29. The molecule has 0 aromatic heterocycles. The fraction of sp³-hybridized carbons (Fsp3) is 0.200. The van der Waals surface area contributed by atoms with Crippen LogP contribution in [-0.2, 0) is 16.4 Å². The van der Waals surface area contributed by atoms with Crippen molar-refractivity contribution < 1.29 is 8.42 Å². The number of rotatable bonds is 2. The number of benzene rings is 1. The van der Waals surface area contributed by atoms with Crippen LogP contribution >= 0.6 is 0 Å². The molecule has 1 aliphatic heterocycles. The van der Waals surface area contributed by atoms with Gasteiger partial charge in [-0.15, -0.1) is 0 Å². The molecule has 0 saturated carbocycles. The highest BCUT2D eigenvalue weighted by Gasteiger charge is 2.26. The monoisotopic (exact) mass is 209 g/mol. The lowest BCUT2D eigenvalue weighted by Crippen LogP contribution is -2.26. The second-order valence-electron chi connectivity index (χ2n) is 3.16. The fourth-order valence-electron chi connectivity index (χ4n) is 1.66. The lowest BCUT2D eigenvalue weighted by molar-refractivity contribution is 0.601. The number of sulfonamides is 1. The summed E-state index contributed by atoms with van der Waals surface area (Å²) in [5.74, 6) is 0. The second kappa shape index (κ2) is 3.13. The number of hydrogen-bond acceptors (Lipinski definition) is 2. The number of nitrogens with zero attached hydrogens (tertiary/aromatic N) is 1. The van der Waals surface area contributed by atoms with Gasteiger partial charge in [-0.3, -0.25) is 4.31 Å². The van der Waals surface area contributed by atoms with Crippen molar-refractivity contribution in [3.63, 3.8) is 0 Å². The van der Waals surface area contributed by atoms with Crippen molar-refractivity contribution in [1.29, 1.82) is 0 Å². The Balaban J connectivity index is 2.50. The van der Waals surface area contributed by atoms with Crippen molar-refractivity contribution in [2.75, 3.05) is 10.8 Å². The minimum Gasteiger partial charge on any atom is -0.266 e. The maximum absolute atomic E-state index is 11.6. The molecule has 2 rings (SSSR count). The number of fused-ring (bicyclic) bond motifs is 1. The summed E-state index contributed by atoms with van der Waals surface area (Å²) in [6, 6.07) is 7.54. The molecule has 74 valence electrons. The Morgan fingerprint density at radius 3 is 2.79 bits per heavy atom. The van der Waals surface area contributed by atoms with Crippen LogP contribution in [0.1, 0.15) is 5.56 Å². The summed E-state index contributed by atoms with van der Waals surface area (Å²) in [7, 11) is -3.31. The molecule has 1 aromatic rings. The molecular formula is C10H11NO2S. The fourth-order valence-corrected chi connectivity index (χ4v) is 2.64. The van der Waals surface area contributed by atoms with E-state index in [4.69, 9.17) is 0 Å². The van der Waals surface area contributed by atoms with Crippen molar-refractivity contribution in [3.8, 4) is 0 Å². The van der Waals surface area contributed by atoms with Crippen LogP contribution in [0, 0.1) is 0 Å². The molecule has 0 amide bonds. The molecule has 14 heavy (non-hydrogen) atoms. The molecule has 0 radical (unpaired) electrons. The minimum atomic E-state index is -3.31. The number of hydrogen-bond donors (Lipinski definition) is 0. The quantitative estimate of drug-likeness (QED) is 0.740. The van der Waals surface area contributed by atoms with Gasteiger partial charge in [0.2, 0.25) is 0 Å². The van der Waals surface area contributed by atoms with E-state index in [0.717, 1.165) is 23.1 Å². The zero-order chi connectivity index (χ0) is 10.2. The highest BCUT2D eigenvalue weighted by atomic mass is 32.2. The van der Waals surface area contributed by atoms with E-state index in [9.17, 15) is 8.42 Å². The molecule has 0 fully saturated rings. The molecule has 0 unspecified atom stereocenters. The van der Waals surface area contributed by atoms with E-state index in [2.05, 4.69) is 6.58 Å². The van der Waals surface area contributed by atoms with Gasteiger partial charge in [-0.05, 0) is 18.1 Å². The Kier molecular flexibility index (Phi) is 2.07. The van der Waals surface area contributed by atoms with Crippen molar-refractivity contribution in [3.05, 3.63) is 41.8 Å². The molecule has 0 saturated heterocycles. The van der Waals surface area contributed by atoms with Gasteiger partial charge in [0.1, 0.15) is 0 Å². The number of para-hydroxylation sites is 1. The van der Waals surface area contributed by atoms with E-state index >= 15 is 0 Å². The van der Waals surface area contributed by atoms with Gasteiger partial charge in [0.25, 0.3) is 10.0 Å². The third kappa shape index (κ3) is 1.32. The summed E-state index contributed by atoms with van der Waals surface area (Å²) in [6.07, 6.45) is 0.781. The van der Waals surface area contributed by atoms with Crippen LogP contribution in [-0.4, -0.2) is 15.0 Å². The normalized spacial score (nSPS) is 15.3. The van der Waals surface area contributed by atoms with Crippen LogP contribution in [0.25, 0.3) is 0 Å². The van der Waals surface area contributed by atoms with Gasteiger partial charge in [-0.2, -0.15) is 0 Å². The van der Waals surface area contributed by atoms with E-state index in [1.807, 2.05) is 24.3 Å². The third-order valence-electron chi connectivity index (χ3n) is 2.36. The minimum absolute atomic E-state index is 0.522. The molecule has 0 bridgehead atoms. The van der Waals surface area contributed by atoms with E-state index in [-0.39, 0.29) is 0 Å². The van der Waals surface area contributed by atoms with Crippen LogP contribution in [0.15, 0.2) is 36.3 Å². The van der Waals surface area contributed by atoms with E-state index in [1.165, 1.54) is 4.31 Å². The standard InChI is InChI=1S/C10H11NO2S/c1-2-14(12,13)11-8-7-9-5-3-4-6-10(9)11/h2-6H,1,7-8H2. The van der Waals surface area contributed by atoms with Crippen molar-refractivity contribution >= 4 is 15.7 Å². The van der Waals surface area contributed by atoms with Crippen LogP contribution < -0.4 is 4.31 Å². The van der Waals surface area contributed by atoms with Gasteiger partial charge in [-0.25, -0.2) is 8.42 Å². The van der Waals surface area contributed by atoms with E-state index < -0.39 is 10.0 Å². The first-order valence-corrected chi connectivity index (χ1v) is 5.88. The lowest BCUT2D eigenvalue weighted by atomic mass is 10.2. The van der Waals surface area contributed by atoms with Crippen LogP contribution in [0.3, 0.4) is 0 Å². The second-order valence-corrected chi connectivity index (χ2v) is 4.97. The molecule has 1 heterocycles. The Bertz CT molecular complexity index is 465. The summed E-state index contributed by atoms with van der Waals surface area (Å²) in [5, 5.41) is 0.995. The summed E-state index contributed by atoms with van der Waals surface area (Å²) in [5.41, 5.74) is 1.87. The Morgan fingerprint density at radius 2 is 2.07 bits per heavy atom.